The molecule has 1 aliphatic heterocycles. The molecule has 6 atom stereocenters. The van der Waals surface area contributed by atoms with Crippen LogP contribution in [0.3, 0.4) is 0 Å². The molecule has 1 saturated heterocycles. The fourth-order valence-electron chi connectivity index (χ4n) is 5.59. The van der Waals surface area contributed by atoms with Crippen LogP contribution in [0.25, 0.3) is 0 Å². The molecule has 0 radical (unpaired) electrons. The van der Waals surface area contributed by atoms with Crippen molar-refractivity contribution in [2.24, 2.45) is 0 Å². The van der Waals surface area contributed by atoms with E-state index in [1.54, 1.807) is 0 Å². The van der Waals surface area contributed by atoms with Crippen LogP contribution in [0, 0.1) is 0 Å². The standard InChI is InChI=1S/C37H68O10/c1-3-5-7-9-10-11-12-13-14-15-16-17-18-19-20-22-24-26-33(40)46-30(28-44-32(39)25-23-21-8-6-4-2)29-45-37-36(43)35(42)34(41)31(27-38)47-37/h13-14,30-31,34-38,41-43H,3-12,15-29H2,1-2H3/b14-13-. The number of esters is 2. The van der Waals surface area contributed by atoms with Gasteiger partial charge in [0.15, 0.2) is 12.4 Å². The monoisotopic (exact) mass is 672 g/mol. The Kier molecular flexibility index (Phi) is 27.2. The van der Waals surface area contributed by atoms with Crippen molar-refractivity contribution in [2.45, 2.75) is 192 Å². The van der Waals surface area contributed by atoms with E-state index in [2.05, 4.69) is 26.0 Å². The molecule has 0 aromatic rings. The van der Waals surface area contributed by atoms with E-state index in [0.717, 1.165) is 57.8 Å². The van der Waals surface area contributed by atoms with Crippen LogP contribution in [0.1, 0.15) is 155 Å². The van der Waals surface area contributed by atoms with Gasteiger partial charge in [0.1, 0.15) is 31.0 Å². The van der Waals surface area contributed by atoms with Crippen molar-refractivity contribution in [3.05, 3.63) is 12.2 Å². The van der Waals surface area contributed by atoms with Gasteiger partial charge in [-0.05, 0) is 38.5 Å². The second kappa shape index (κ2) is 29.4. The van der Waals surface area contributed by atoms with Crippen LogP contribution in [0.2, 0.25) is 0 Å². The Bertz CT molecular complexity index is 789. The third-order valence-electron chi connectivity index (χ3n) is 8.65. The summed E-state index contributed by atoms with van der Waals surface area (Å²) in [5.74, 6) is -0.824. The van der Waals surface area contributed by atoms with Crippen LogP contribution in [0.5, 0.6) is 0 Å². The van der Waals surface area contributed by atoms with Gasteiger partial charge in [0.2, 0.25) is 0 Å². The van der Waals surface area contributed by atoms with Gasteiger partial charge in [-0.2, -0.15) is 0 Å². The fraction of sp³-hybridized carbons (Fsp3) is 0.892. The lowest BCUT2D eigenvalue weighted by Gasteiger charge is -2.39. The highest BCUT2D eigenvalue weighted by Crippen LogP contribution is 2.22. The maximum atomic E-state index is 12.6. The summed E-state index contributed by atoms with van der Waals surface area (Å²) in [6.07, 6.45) is 19.8. The maximum absolute atomic E-state index is 12.6. The maximum Gasteiger partial charge on any atom is 0.306 e. The third kappa shape index (κ3) is 21.9. The Labute approximate surface area is 284 Å². The van der Waals surface area contributed by atoms with Gasteiger partial charge in [-0.3, -0.25) is 9.59 Å². The zero-order valence-corrected chi connectivity index (χ0v) is 29.5. The summed E-state index contributed by atoms with van der Waals surface area (Å²) < 4.78 is 21.9. The van der Waals surface area contributed by atoms with Gasteiger partial charge in [-0.1, -0.05) is 116 Å². The molecule has 1 rings (SSSR count). The highest BCUT2D eigenvalue weighted by atomic mass is 16.7. The highest BCUT2D eigenvalue weighted by molar-refractivity contribution is 5.70. The molecule has 0 spiro atoms. The molecule has 0 aliphatic carbocycles. The molecule has 10 heteroatoms. The fourth-order valence-corrected chi connectivity index (χ4v) is 5.59. The minimum absolute atomic E-state index is 0.217. The number of carbonyl (C=O) groups excluding carboxylic acids is 2. The average Bonchev–Trinajstić information content (AvgIpc) is 3.06. The van der Waals surface area contributed by atoms with Crippen molar-refractivity contribution in [2.75, 3.05) is 19.8 Å². The molecule has 0 saturated carbocycles. The lowest BCUT2D eigenvalue weighted by atomic mass is 9.99. The average molecular weight is 673 g/mol. The Morgan fingerprint density at radius 2 is 1.13 bits per heavy atom. The van der Waals surface area contributed by atoms with Gasteiger partial charge >= 0.3 is 11.9 Å². The van der Waals surface area contributed by atoms with Crippen LogP contribution < -0.4 is 0 Å². The smallest absolute Gasteiger partial charge is 0.306 e. The van der Waals surface area contributed by atoms with Crippen molar-refractivity contribution in [3.8, 4) is 0 Å². The Morgan fingerprint density at radius 1 is 0.638 bits per heavy atom. The minimum Gasteiger partial charge on any atom is -0.462 e. The van der Waals surface area contributed by atoms with Crippen LogP contribution >= 0.6 is 0 Å². The molecule has 276 valence electrons. The van der Waals surface area contributed by atoms with Crippen molar-refractivity contribution < 1.29 is 49.0 Å². The first-order chi connectivity index (χ1) is 22.8. The second-order valence-corrected chi connectivity index (χ2v) is 13.0. The Balaban J connectivity index is 2.32. The zero-order valence-electron chi connectivity index (χ0n) is 29.5. The molecular formula is C37H68O10. The largest absolute Gasteiger partial charge is 0.462 e. The first-order valence-electron chi connectivity index (χ1n) is 18.8. The molecule has 1 fully saturated rings. The minimum atomic E-state index is -1.59. The topological polar surface area (TPSA) is 152 Å². The van der Waals surface area contributed by atoms with E-state index < -0.39 is 49.4 Å². The molecule has 0 amide bonds. The van der Waals surface area contributed by atoms with E-state index in [0.29, 0.717) is 6.42 Å². The number of carbonyl (C=O) groups is 2. The van der Waals surface area contributed by atoms with Crippen LogP contribution in [0.15, 0.2) is 12.2 Å². The second-order valence-electron chi connectivity index (χ2n) is 13.0. The number of hydrogen-bond donors (Lipinski definition) is 4. The number of rotatable bonds is 30. The summed E-state index contributed by atoms with van der Waals surface area (Å²) in [5.41, 5.74) is 0. The number of allylic oxidation sites excluding steroid dienone is 2. The highest BCUT2D eigenvalue weighted by Gasteiger charge is 2.44. The molecule has 10 nitrogen and oxygen atoms in total. The molecule has 6 unspecified atom stereocenters. The van der Waals surface area contributed by atoms with E-state index in [9.17, 15) is 30.0 Å². The van der Waals surface area contributed by atoms with E-state index in [1.165, 1.54) is 64.2 Å². The summed E-state index contributed by atoms with van der Waals surface area (Å²) in [6, 6.07) is 0. The van der Waals surface area contributed by atoms with Crippen molar-refractivity contribution >= 4 is 11.9 Å². The number of unbranched alkanes of at least 4 members (excludes halogenated alkanes) is 17. The number of ether oxygens (including phenoxy) is 4. The SMILES string of the molecule is CCCCCCCC/C=C\CCCCCCCCCC(=O)OC(COC(=O)CCCCCCC)COC1OC(CO)C(O)C(O)C1O. The van der Waals surface area contributed by atoms with E-state index >= 15 is 0 Å². The normalized spacial score (nSPS) is 22.0. The van der Waals surface area contributed by atoms with Gasteiger partial charge < -0.3 is 39.4 Å². The third-order valence-corrected chi connectivity index (χ3v) is 8.65. The molecule has 0 aromatic carbocycles. The van der Waals surface area contributed by atoms with Crippen LogP contribution in [-0.4, -0.2) is 89.0 Å². The number of aliphatic hydroxyl groups is 4. The Hall–Kier alpha value is -1.56. The zero-order chi connectivity index (χ0) is 34.5. The number of aliphatic hydroxyl groups excluding tert-OH is 4. The summed E-state index contributed by atoms with van der Waals surface area (Å²) in [4.78, 5) is 24.9. The molecule has 0 bridgehead atoms. The predicted octanol–water partition coefficient (Wildman–Crippen LogP) is 6.44. The molecule has 1 aliphatic rings. The van der Waals surface area contributed by atoms with Crippen molar-refractivity contribution in [1.29, 1.82) is 0 Å². The van der Waals surface area contributed by atoms with Crippen molar-refractivity contribution in [1.82, 2.24) is 0 Å². The lowest BCUT2D eigenvalue weighted by molar-refractivity contribution is -0.305. The first-order valence-corrected chi connectivity index (χ1v) is 18.8. The van der Waals surface area contributed by atoms with E-state index in [1.807, 2.05) is 0 Å². The van der Waals surface area contributed by atoms with Gasteiger partial charge in [-0.25, -0.2) is 0 Å². The van der Waals surface area contributed by atoms with Crippen molar-refractivity contribution in [3.63, 3.8) is 0 Å². The number of hydrogen-bond acceptors (Lipinski definition) is 10. The summed E-state index contributed by atoms with van der Waals surface area (Å²) in [5, 5.41) is 39.7. The summed E-state index contributed by atoms with van der Waals surface area (Å²) in [7, 11) is 0. The van der Waals surface area contributed by atoms with Gasteiger partial charge in [0.25, 0.3) is 0 Å². The first kappa shape index (κ1) is 43.5. The Morgan fingerprint density at radius 3 is 1.66 bits per heavy atom. The van der Waals surface area contributed by atoms with Crippen LogP contribution in [-0.2, 0) is 28.5 Å². The molecule has 1 heterocycles. The lowest BCUT2D eigenvalue weighted by Crippen LogP contribution is -2.59. The summed E-state index contributed by atoms with van der Waals surface area (Å²) >= 11 is 0. The molecule has 0 aromatic heterocycles. The predicted molar refractivity (Wildman–Crippen MR) is 183 cm³/mol. The molecule has 47 heavy (non-hydrogen) atoms. The molecular weight excluding hydrogens is 604 g/mol. The van der Waals surface area contributed by atoms with E-state index in [-0.39, 0.29) is 32.0 Å². The van der Waals surface area contributed by atoms with Gasteiger partial charge in [0, 0.05) is 12.8 Å². The van der Waals surface area contributed by atoms with Gasteiger partial charge in [-0.15, -0.1) is 0 Å². The summed E-state index contributed by atoms with van der Waals surface area (Å²) in [6.45, 7) is 3.30. The van der Waals surface area contributed by atoms with Gasteiger partial charge in [0.05, 0.1) is 13.2 Å². The molecule has 4 N–H and O–H groups in total. The quantitative estimate of drug-likeness (QED) is 0.0381. The van der Waals surface area contributed by atoms with Crippen LogP contribution in [0.4, 0.5) is 0 Å². The van der Waals surface area contributed by atoms with E-state index in [4.69, 9.17) is 18.9 Å².